The highest BCUT2D eigenvalue weighted by atomic mass is 35.5. The van der Waals surface area contributed by atoms with Gasteiger partial charge in [0.1, 0.15) is 17.1 Å². The van der Waals surface area contributed by atoms with Crippen molar-refractivity contribution in [1.29, 1.82) is 0 Å². The van der Waals surface area contributed by atoms with Crippen LogP contribution in [0.25, 0.3) is 10.9 Å². The third kappa shape index (κ3) is 6.56. The Hall–Kier alpha value is -4.26. The Morgan fingerprint density at radius 3 is 2.16 bits per heavy atom. The van der Waals surface area contributed by atoms with E-state index in [1.807, 2.05) is 38.1 Å². The number of hydrogen-bond donors (Lipinski definition) is 1. The molecule has 0 saturated carbocycles. The predicted octanol–water partition coefficient (Wildman–Crippen LogP) is 7.63. The summed E-state index contributed by atoms with van der Waals surface area (Å²) in [5.74, 6) is 0.573. The monoisotopic (exact) mass is 596 g/mol. The van der Waals surface area contributed by atoms with Crippen molar-refractivity contribution in [1.82, 2.24) is 4.57 Å². The van der Waals surface area contributed by atoms with Gasteiger partial charge in [-0.25, -0.2) is 4.79 Å². The highest BCUT2D eigenvalue weighted by molar-refractivity contribution is 6.35. The van der Waals surface area contributed by atoms with Gasteiger partial charge in [-0.1, -0.05) is 78.3 Å². The molecule has 0 saturated heterocycles. The minimum atomic E-state index is -0.456. The molecule has 2 N–H and O–H groups in total. The quantitative estimate of drug-likeness (QED) is 0.150. The van der Waals surface area contributed by atoms with Crippen molar-refractivity contribution in [3.63, 3.8) is 0 Å². The fourth-order valence-corrected chi connectivity index (χ4v) is 5.96. The molecule has 0 aliphatic rings. The maximum atomic E-state index is 12.3. The van der Waals surface area contributed by atoms with E-state index in [1.54, 1.807) is 18.2 Å². The van der Waals surface area contributed by atoms with Crippen molar-refractivity contribution in [2.24, 2.45) is 5.73 Å². The predicted molar refractivity (Wildman–Crippen MR) is 173 cm³/mol. The second-order valence-electron chi connectivity index (χ2n) is 10.6. The maximum absolute atomic E-state index is 12.3. The lowest BCUT2D eigenvalue weighted by molar-refractivity contribution is 0.0594. The van der Waals surface area contributed by atoms with Crippen molar-refractivity contribution < 1.29 is 19.0 Å². The molecule has 0 aliphatic heterocycles. The Morgan fingerprint density at radius 1 is 0.884 bits per heavy atom. The van der Waals surface area contributed by atoms with E-state index in [9.17, 15) is 4.79 Å². The molecule has 0 aliphatic carbocycles. The summed E-state index contributed by atoms with van der Waals surface area (Å²) >= 11 is 6.92. The number of nitrogens with two attached hydrogens (primary N) is 1. The zero-order chi connectivity index (χ0) is 30.3. The molecule has 0 atom stereocenters. The summed E-state index contributed by atoms with van der Waals surface area (Å²) in [5, 5.41) is 1.71. The minimum absolute atomic E-state index is 0.0683. The van der Waals surface area contributed by atoms with Gasteiger partial charge in [-0.3, -0.25) is 0 Å². The number of methoxy groups -OCH3 is 1. The van der Waals surface area contributed by atoms with E-state index in [0.29, 0.717) is 48.1 Å². The number of fused-ring (bicyclic) bond motifs is 1. The van der Waals surface area contributed by atoms with Gasteiger partial charge in [0, 0.05) is 30.0 Å². The highest BCUT2D eigenvalue weighted by Gasteiger charge is 2.26. The van der Waals surface area contributed by atoms with E-state index >= 15 is 0 Å². The van der Waals surface area contributed by atoms with Crippen molar-refractivity contribution in [2.75, 3.05) is 20.3 Å². The average molecular weight is 597 g/mol. The van der Waals surface area contributed by atoms with Crippen LogP contribution in [-0.2, 0) is 17.6 Å². The van der Waals surface area contributed by atoms with Gasteiger partial charge in [0.25, 0.3) is 0 Å². The Bertz CT molecular complexity index is 1640. The molecule has 7 heteroatoms. The summed E-state index contributed by atoms with van der Waals surface area (Å²) in [6.45, 7) is 4.70. The van der Waals surface area contributed by atoms with Crippen LogP contribution in [0.2, 0.25) is 5.02 Å². The van der Waals surface area contributed by atoms with Crippen molar-refractivity contribution in [3.05, 3.63) is 130 Å². The van der Waals surface area contributed by atoms with Gasteiger partial charge in [0.15, 0.2) is 0 Å². The third-order valence-corrected chi connectivity index (χ3v) is 7.72. The molecule has 0 fully saturated rings. The number of rotatable bonds is 12. The molecule has 0 spiro atoms. The molecule has 6 nitrogen and oxygen atoms in total. The van der Waals surface area contributed by atoms with Gasteiger partial charge in [-0.2, -0.15) is 0 Å². The molecule has 4 aromatic carbocycles. The van der Waals surface area contributed by atoms with Gasteiger partial charge in [0.2, 0.25) is 0 Å². The van der Waals surface area contributed by atoms with E-state index < -0.39 is 5.97 Å². The summed E-state index contributed by atoms with van der Waals surface area (Å²) in [7, 11) is 1.35. The van der Waals surface area contributed by atoms with Crippen LogP contribution in [0.1, 0.15) is 52.6 Å². The lowest BCUT2D eigenvalue weighted by Crippen LogP contribution is -2.18. The first-order valence-electron chi connectivity index (χ1n) is 14.5. The molecule has 0 amide bonds. The Kier molecular flexibility index (Phi) is 9.70. The molecule has 0 bridgehead atoms. The fourth-order valence-electron chi connectivity index (χ4n) is 5.67. The van der Waals surface area contributed by atoms with Crippen LogP contribution in [0.5, 0.6) is 11.5 Å². The van der Waals surface area contributed by atoms with Crippen LogP contribution in [0.4, 0.5) is 0 Å². The minimum Gasteiger partial charge on any atom is -0.493 e. The van der Waals surface area contributed by atoms with Crippen molar-refractivity contribution in [3.8, 4) is 11.5 Å². The van der Waals surface area contributed by atoms with Gasteiger partial charge < -0.3 is 24.5 Å². The number of ether oxygens (including phenoxy) is 3. The number of halogens is 1. The topological polar surface area (TPSA) is 75.7 Å². The van der Waals surface area contributed by atoms with E-state index in [0.717, 1.165) is 22.2 Å². The van der Waals surface area contributed by atoms with E-state index in [2.05, 4.69) is 59.2 Å². The highest BCUT2D eigenvalue weighted by Crippen LogP contribution is 2.39. The molecule has 0 unspecified atom stereocenters. The first kappa shape index (κ1) is 30.2. The van der Waals surface area contributed by atoms with E-state index in [-0.39, 0.29) is 12.1 Å². The van der Waals surface area contributed by atoms with Gasteiger partial charge in [-0.05, 0) is 61.3 Å². The van der Waals surface area contributed by atoms with Gasteiger partial charge in [0.05, 0.1) is 36.4 Å². The number of esters is 1. The molecule has 0 radical (unpaired) electrons. The fraction of sp³-hybridized carbons (Fsp3) is 0.250. The molecule has 222 valence electrons. The molecular formula is C36H37ClN2O4. The molecule has 1 aromatic heterocycles. The number of hydrogen-bond acceptors (Lipinski definition) is 5. The van der Waals surface area contributed by atoms with E-state index in [4.69, 9.17) is 31.5 Å². The van der Waals surface area contributed by atoms with Crippen LogP contribution in [0, 0.1) is 0 Å². The first-order valence-corrected chi connectivity index (χ1v) is 14.9. The summed E-state index contributed by atoms with van der Waals surface area (Å²) in [6.07, 6.45) is 1.17. The van der Waals surface area contributed by atoms with Gasteiger partial charge in [-0.15, -0.1) is 0 Å². The summed E-state index contributed by atoms with van der Waals surface area (Å²) in [4.78, 5) is 12.3. The Balaban J connectivity index is 1.56. The number of carbonyl (C=O) groups is 1. The third-order valence-electron chi connectivity index (χ3n) is 7.40. The Labute approximate surface area is 257 Å². The van der Waals surface area contributed by atoms with Crippen LogP contribution in [0.15, 0.2) is 97.1 Å². The zero-order valence-electron chi connectivity index (χ0n) is 24.8. The van der Waals surface area contributed by atoms with Crippen LogP contribution < -0.4 is 15.2 Å². The smallest absolute Gasteiger partial charge is 0.341 e. The number of carbonyl (C=O) groups excluding carboxylic acids is 1. The number of benzene rings is 4. The largest absolute Gasteiger partial charge is 0.493 e. The molecular weight excluding hydrogens is 560 g/mol. The maximum Gasteiger partial charge on any atom is 0.341 e. The lowest BCUT2D eigenvalue weighted by atomic mass is 9.97. The molecule has 5 aromatic rings. The molecule has 43 heavy (non-hydrogen) atoms. The average Bonchev–Trinajstić information content (AvgIpc) is 3.32. The van der Waals surface area contributed by atoms with Crippen LogP contribution in [0.3, 0.4) is 0 Å². The Morgan fingerprint density at radius 2 is 1.56 bits per heavy atom. The van der Waals surface area contributed by atoms with Crippen molar-refractivity contribution in [2.45, 2.75) is 38.8 Å². The van der Waals surface area contributed by atoms with E-state index in [1.165, 1.54) is 18.2 Å². The molecule has 5 rings (SSSR count). The second-order valence-corrected chi connectivity index (χ2v) is 11.0. The standard InChI is InChI=1S/C36H37ClN2O4/c1-24(2)43-33-23-27(17-18-29(33)36(40)41-3)42-22-20-28-31(19-21-38)39(32-16-10-15-30(37)34(28)32)35(25-11-6-4-7-12-25)26-13-8-5-9-14-26/h4-18,23-24,35H,19-22,38H2,1-3H3. The zero-order valence-corrected chi connectivity index (χ0v) is 25.5. The summed E-state index contributed by atoms with van der Waals surface area (Å²) in [6, 6.07) is 32.2. The van der Waals surface area contributed by atoms with Crippen LogP contribution >= 0.6 is 11.6 Å². The SMILES string of the molecule is COC(=O)c1ccc(OCCc2c(CCN)n(C(c3ccccc3)c3ccccc3)c3cccc(Cl)c23)cc1OC(C)C. The van der Waals surface area contributed by atoms with Crippen molar-refractivity contribution >= 4 is 28.5 Å². The first-order chi connectivity index (χ1) is 20.9. The number of nitrogens with zero attached hydrogens (tertiary/aromatic N) is 1. The summed E-state index contributed by atoms with van der Waals surface area (Å²) in [5.41, 5.74) is 12.3. The molecule has 1 heterocycles. The van der Waals surface area contributed by atoms with Crippen LogP contribution in [-0.4, -0.2) is 36.9 Å². The number of aromatic nitrogens is 1. The lowest BCUT2D eigenvalue weighted by Gasteiger charge is -2.25. The normalized spacial score (nSPS) is 11.3. The second kappa shape index (κ2) is 13.8. The summed E-state index contributed by atoms with van der Waals surface area (Å²) < 4.78 is 19.5. The van der Waals surface area contributed by atoms with Gasteiger partial charge >= 0.3 is 5.97 Å².